The van der Waals surface area contributed by atoms with E-state index in [2.05, 4.69) is 27.4 Å². The Morgan fingerprint density at radius 3 is 2.68 bits per heavy atom. The van der Waals surface area contributed by atoms with E-state index in [1.165, 1.54) is 11.1 Å². The van der Waals surface area contributed by atoms with Gasteiger partial charge in [-0.25, -0.2) is 9.97 Å². The third-order valence-corrected chi connectivity index (χ3v) is 5.17. The topological polar surface area (TPSA) is 58.1 Å². The van der Waals surface area contributed by atoms with E-state index < -0.39 is 0 Å². The zero-order valence-corrected chi connectivity index (χ0v) is 16.6. The van der Waals surface area contributed by atoms with Gasteiger partial charge in [-0.15, -0.1) is 0 Å². The summed E-state index contributed by atoms with van der Waals surface area (Å²) in [5.74, 6) is 0.317. The van der Waals surface area contributed by atoms with E-state index in [-0.39, 0.29) is 5.91 Å². The fourth-order valence-electron chi connectivity index (χ4n) is 3.41. The number of amides is 1. The molecule has 0 unspecified atom stereocenters. The van der Waals surface area contributed by atoms with E-state index in [4.69, 9.17) is 11.6 Å². The van der Waals surface area contributed by atoms with Gasteiger partial charge in [0, 0.05) is 29.5 Å². The van der Waals surface area contributed by atoms with Crippen LogP contribution in [-0.2, 0) is 13.0 Å². The van der Waals surface area contributed by atoms with Gasteiger partial charge in [0.25, 0.3) is 5.91 Å². The summed E-state index contributed by atoms with van der Waals surface area (Å²) in [6.45, 7) is 5.13. The summed E-state index contributed by atoms with van der Waals surface area (Å²) in [4.78, 5) is 23.8. The summed E-state index contributed by atoms with van der Waals surface area (Å²) < 4.78 is 0. The molecule has 1 amide bonds. The van der Waals surface area contributed by atoms with Crippen LogP contribution in [0.25, 0.3) is 0 Å². The zero-order valence-electron chi connectivity index (χ0n) is 15.9. The lowest BCUT2D eigenvalue weighted by Crippen LogP contribution is -2.36. The Labute approximate surface area is 169 Å². The van der Waals surface area contributed by atoms with E-state index in [0.717, 1.165) is 23.4 Å². The summed E-state index contributed by atoms with van der Waals surface area (Å²) >= 11 is 6.10. The van der Waals surface area contributed by atoms with Crippen LogP contribution < -0.4 is 5.32 Å². The first-order chi connectivity index (χ1) is 13.5. The first-order valence-corrected chi connectivity index (χ1v) is 9.62. The fourth-order valence-corrected chi connectivity index (χ4v) is 3.59. The predicted molar refractivity (Wildman–Crippen MR) is 111 cm³/mol. The van der Waals surface area contributed by atoms with Gasteiger partial charge in [0.2, 0.25) is 5.95 Å². The maximum atomic E-state index is 13.1. The largest absolute Gasteiger partial charge is 0.333 e. The molecule has 1 N–H and O–H groups in total. The van der Waals surface area contributed by atoms with Gasteiger partial charge in [-0.3, -0.25) is 4.79 Å². The second-order valence-electron chi connectivity index (χ2n) is 7.05. The summed E-state index contributed by atoms with van der Waals surface area (Å²) in [6.07, 6.45) is 0.860. The van der Waals surface area contributed by atoms with Gasteiger partial charge in [0.05, 0.1) is 0 Å². The molecule has 0 aliphatic carbocycles. The number of aryl methyl sites for hydroxylation is 2. The van der Waals surface area contributed by atoms with Crippen molar-refractivity contribution >= 4 is 29.1 Å². The number of benzene rings is 2. The fraction of sp³-hybridized carbons (Fsp3) is 0.227. The third kappa shape index (κ3) is 3.85. The molecule has 0 fully saturated rings. The molecule has 1 aliphatic rings. The van der Waals surface area contributed by atoms with Crippen molar-refractivity contribution in [3.63, 3.8) is 0 Å². The van der Waals surface area contributed by atoms with Crippen LogP contribution in [0.3, 0.4) is 0 Å². The van der Waals surface area contributed by atoms with Gasteiger partial charge < -0.3 is 10.2 Å². The summed E-state index contributed by atoms with van der Waals surface area (Å²) in [5, 5.41) is 3.82. The van der Waals surface area contributed by atoms with Crippen molar-refractivity contribution in [1.29, 1.82) is 0 Å². The molecule has 4 rings (SSSR count). The van der Waals surface area contributed by atoms with Crippen molar-refractivity contribution in [1.82, 2.24) is 14.9 Å². The maximum absolute atomic E-state index is 13.1. The SMILES string of the molecule is Cc1cc(C(=O)N2CCc3ccccc3C2)nc(Nc2cc(Cl)ccc2C)n1. The number of aromatic nitrogens is 2. The highest BCUT2D eigenvalue weighted by Crippen LogP contribution is 2.24. The molecular weight excluding hydrogens is 372 g/mol. The van der Waals surface area contributed by atoms with Gasteiger partial charge in [-0.2, -0.15) is 0 Å². The highest BCUT2D eigenvalue weighted by molar-refractivity contribution is 6.30. The number of halogens is 1. The maximum Gasteiger partial charge on any atom is 0.272 e. The zero-order chi connectivity index (χ0) is 19.7. The van der Waals surface area contributed by atoms with Gasteiger partial charge >= 0.3 is 0 Å². The molecule has 0 spiro atoms. The number of carbonyl (C=O) groups is 1. The Morgan fingerprint density at radius 1 is 1.07 bits per heavy atom. The van der Waals surface area contributed by atoms with Crippen LogP contribution in [0.4, 0.5) is 11.6 Å². The smallest absolute Gasteiger partial charge is 0.272 e. The van der Waals surface area contributed by atoms with E-state index in [0.29, 0.717) is 29.8 Å². The average molecular weight is 393 g/mol. The average Bonchev–Trinajstić information content (AvgIpc) is 2.69. The van der Waals surface area contributed by atoms with Crippen LogP contribution >= 0.6 is 11.6 Å². The third-order valence-electron chi connectivity index (χ3n) is 4.94. The van der Waals surface area contributed by atoms with Crippen LogP contribution in [0.5, 0.6) is 0 Å². The molecule has 0 bridgehead atoms. The minimum atomic E-state index is -0.0779. The van der Waals surface area contributed by atoms with E-state index in [9.17, 15) is 4.79 Å². The van der Waals surface area contributed by atoms with Crippen LogP contribution in [-0.4, -0.2) is 27.3 Å². The summed E-state index contributed by atoms with van der Waals surface area (Å²) in [5.41, 5.74) is 5.48. The second kappa shape index (κ2) is 7.60. The molecular formula is C22H21ClN4O. The van der Waals surface area contributed by atoms with E-state index >= 15 is 0 Å². The second-order valence-corrected chi connectivity index (χ2v) is 7.48. The van der Waals surface area contributed by atoms with E-state index in [1.54, 1.807) is 6.07 Å². The number of nitrogens with zero attached hydrogens (tertiary/aromatic N) is 3. The lowest BCUT2D eigenvalue weighted by molar-refractivity contribution is 0.0728. The molecule has 0 saturated carbocycles. The van der Waals surface area contributed by atoms with Crippen LogP contribution in [0.15, 0.2) is 48.5 Å². The first-order valence-electron chi connectivity index (χ1n) is 9.24. The number of fused-ring (bicyclic) bond motifs is 1. The first kappa shape index (κ1) is 18.4. The molecule has 2 heterocycles. The van der Waals surface area contributed by atoms with Crippen molar-refractivity contribution in [2.75, 3.05) is 11.9 Å². The number of nitrogens with one attached hydrogen (secondary N) is 1. The molecule has 28 heavy (non-hydrogen) atoms. The summed E-state index contributed by atoms with van der Waals surface area (Å²) in [6, 6.07) is 15.6. The Kier molecular flexibility index (Phi) is 5.01. The Bertz CT molecular complexity index is 1050. The number of carbonyl (C=O) groups excluding carboxylic acids is 1. The lowest BCUT2D eigenvalue weighted by atomic mass is 10.00. The molecule has 1 aliphatic heterocycles. The number of hydrogen-bond donors (Lipinski definition) is 1. The Balaban J connectivity index is 1.58. The van der Waals surface area contributed by atoms with Crippen molar-refractivity contribution in [3.05, 3.63) is 81.6 Å². The Hall–Kier alpha value is -2.92. The lowest BCUT2D eigenvalue weighted by Gasteiger charge is -2.28. The van der Waals surface area contributed by atoms with Crippen molar-refractivity contribution in [2.45, 2.75) is 26.8 Å². The van der Waals surface area contributed by atoms with Gasteiger partial charge in [0.1, 0.15) is 5.69 Å². The predicted octanol–water partition coefficient (Wildman–Crippen LogP) is 4.69. The molecule has 142 valence electrons. The summed E-state index contributed by atoms with van der Waals surface area (Å²) in [7, 11) is 0. The van der Waals surface area contributed by atoms with Crippen LogP contribution in [0, 0.1) is 13.8 Å². The molecule has 1 aromatic heterocycles. The Morgan fingerprint density at radius 2 is 1.86 bits per heavy atom. The van der Waals surface area contributed by atoms with Crippen molar-refractivity contribution < 1.29 is 4.79 Å². The normalized spacial score (nSPS) is 13.2. The highest BCUT2D eigenvalue weighted by atomic mass is 35.5. The quantitative estimate of drug-likeness (QED) is 0.702. The molecule has 0 radical (unpaired) electrons. The minimum absolute atomic E-state index is 0.0779. The van der Waals surface area contributed by atoms with Crippen LogP contribution in [0.1, 0.15) is 32.9 Å². The minimum Gasteiger partial charge on any atom is -0.333 e. The molecule has 5 nitrogen and oxygen atoms in total. The van der Waals surface area contributed by atoms with Gasteiger partial charge in [-0.05, 0) is 55.2 Å². The molecule has 0 atom stereocenters. The molecule has 2 aromatic carbocycles. The molecule has 3 aromatic rings. The van der Waals surface area contributed by atoms with Gasteiger partial charge in [0.15, 0.2) is 0 Å². The number of rotatable bonds is 3. The monoisotopic (exact) mass is 392 g/mol. The van der Waals surface area contributed by atoms with Crippen LogP contribution in [0.2, 0.25) is 5.02 Å². The van der Waals surface area contributed by atoms with E-state index in [1.807, 2.05) is 49.1 Å². The standard InChI is InChI=1S/C22H21ClN4O/c1-14-7-8-18(23)12-19(14)25-22-24-15(2)11-20(26-22)21(28)27-10-9-16-5-3-4-6-17(16)13-27/h3-8,11-12H,9-10,13H2,1-2H3,(H,24,25,26). The highest BCUT2D eigenvalue weighted by Gasteiger charge is 2.23. The molecule has 6 heteroatoms. The van der Waals surface area contributed by atoms with Gasteiger partial charge in [-0.1, -0.05) is 41.9 Å². The molecule has 0 saturated heterocycles. The number of anilines is 2. The van der Waals surface area contributed by atoms with Crippen molar-refractivity contribution in [3.8, 4) is 0 Å². The number of hydrogen-bond acceptors (Lipinski definition) is 4. The van der Waals surface area contributed by atoms with Crippen molar-refractivity contribution in [2.24, 2.45) is 0 Å².